The van der Waals surface area contributed by atoms with Crippen LogP contribution in [0.1, 0.15) is 42.9 Å². The van der Waals surface area contributed by atoms with Crippen LogP contribution in [0.15, 0.2) is 29.2 Å². The molecular weight excluding hydrogens is 476 g/mol. The van der Waals surface area contributed by atoms with E-state index in [1.165, 1.54) is 32.2 Å². The van der Waals surface area contributed by atoms with E-state index in [1.807, 2.05) is 0 Å². The number of hydrogen-bond donors (Lipinski definition) is 2. The van der Waals surface area contributed by atoms with Crippen LogP contribution < -0.4 is 10.0 Å². The maximum absolute atomic E-state index is 12.3. The zero-order chi connectivity index (χ0) is 24.8. The lowest BCUT2D eigenvalue weighted by molar-refractivity contribution is -0.119. The number of ether oxygens (including phenoxy) is 3. The average molecular weight is 499 g/mol. The molecule has 1 aromatic heterocycles. The number of thiophene rings is 1. The van der Waals surface area contributed by atoms with Crippen LogP contribution in [0.3, 0.4) is 0 Å². The molecule has 0 saturated heterocycles. The molecule has 0 aliphatic heterocycles. The van der Waals surface area contributed by atoms with E-state index >= 15 is 0 Å². The van der Waals surface area contributed by atoms with E-state index < -0.39 is 40.4 Å². The van der Waals surface area contributed by atoms with Crippen LogP contribution in [0.25, 0.3) is 0 Å². The van der Waals surface area contributed by atoms with Crippen LogP contribution in [0.2, 0.25) is 0 Å². The zero-order valence-corrected chi connectivity index (χ0v) is 19.8. The predicted molar refractivity (Wildman–Crippen MR) is 118 cm³/mol. The Bertz CT molecular complexity index is 1190. The maximum atomic E-state index is 12.3. The highest BCUT2D eigenvalue weighted by atomic mass is 32.2. The van der Waals surface area contributed by atoms with Crippen LogP contribution in [0, 0.1) is 6.92 Å². The summed E-state index contributed by atoms with van der Waals surface area (Å²) < 4.78 is 40.8. The Morgan fingerprint density at radius 3 is 2.30 bits per heavy atom. The second-order valence-corrected chi connectivity index (χ2v) is 9.18. The summed E-state index contributed by atoms with van der Waals surface area (Å²) in [6, 6.07) is 5.14. The second kappa shape index (κ2) is 11.0. The lowest BCUT2D eigenvalue weighted by atomic mass is 10.1. The molecule has 33 heavy (non-hydrogen) atoms. The Balaban J connectivity index is 2.14. The van der Waals surface area contributed by atoms with Gasteiger partial charge >= 0.3 is 17.9 Å². The Morgan fingerprint density at radius 1 is 1.03 bits per heavy atom. The summed E-state index contributed by atoms with van der Waals surface area (Å²) in [5.41, 5.74) is 0.172. The summed E-state index contributed by atoms with van der Waals surface area (Å²) in [7, 11) is -1.46. The first-order chi connectivity index (χ1) is 15.5. The topological polar surface area (TPSA) is 154 Å². The lowest BCUT2D eigenvalue weighted by Crippen LogP contribution is -2.24. The van der Waals surface area contributed by atoms with Gasteiger partial charge in [0, 0.05) is 6.54 Å². The van der Waals surface area contributed by atoms with Gasteiger partial charge in [0.2, 0.25) is 10.0 Å². The van der Waals surface area contributed by atoms with Gasteiger partial charge in [0.05, 0.1) is 30.2 Å². The molecular formula is C20H22N2O9S2. The Morgan fingerprint density at radius 2 is 1.70 bits per heavy atom. The number of amides is 1. The zero-order valence-electron chi connectivity index (χ0n) is 18.2. The van der Waals surface area contributed by atoms with Crippen molar-refractivity contribution in [1.29, 1.82) is 0 Å². The number of carbonyl (C=O) groups is 4. The van der Waals surface area contributed by atoms with Crippen molar-refractivity contribution < 1.29 is 41.8 Å². The van der Waals surface area contributed by atoms with Crippen molar-refractivity contribution in [3.05, 3.63) is 45.8 Å². The Hall–Kier alpha value is -3.29. The predicted octanol–water partition coefficient (Wildman–Crippen LogP) is 1.72. The smallest absolute Gasteiger partial charge is 0.348 e. The standard InChI is InChI=1S/C20H22N2O9S2/c1-5-21-33(27,28)13-8-6-7-12(9-13)18(24)31-10-14(23)22-17-15(19(25)29-3)11(2)16(32-17)20(26)30-4/h6-9,21H,5,10H2,1-4H3,(H,22,23). The van der Waals surface area contributed by atoms with Gasteiger partial charge in [-0.05, 0) is 30.7 Å². The second-order valence-electron chi connectivity index (χ2n) is 6.40. The van der Waals surface area contributed by atoms with Crippen molar-refractivity contribution in [3.8, 4) is 0 Å². The van der Waals surface area contributed by atoms with Gasteiger partial charge in [0.25, 0.3) is 5.91 Å². The van der Waals surface area contributed by atoms with Crippen LogP contribution in [-0.2, 0) is 29.0 Å². The summed E-state index contributed by atoms with van der Waals surface area (Å²) in [4.78, 5) is 48.6. The highest BCUT2D eigenvalue weighted by molar-refractivity contribution is 7.89. The number of hydrogen-bond acceptors (Lipinski definition) is 10. The molecule has 0 radical (unpaired) electrons. The number of carbonyl (C=O) groups excluding carboxylic acids is 4. The third kappa shape index (κ3) is 6.15. The van der Waals surface area contributed by atoms with Gasteiger partial charge in [0.1, 0.15) is 9.88 Å². The number of nitrogens with one attached hydrogen (secondary N) is 2. The van der Waals surface area contributed by atoms with E-state index in [0.717, 1.165) is 24.5 Å². The first-order valence-corrected chi connectivity index (χ1v) is 11.7. The normalized spacial score (nSPS) is 10.9. The van der Waals surface area contributed by atoms with Gasteiger partial charge in [-0.3, -0.25) is 4.79 Å². The monoisotopic (exact) mass is 498 g/mol. The summed E-state index contributed by atoms with van der Waals surface area (Å²) in [5, 5.41) is 2.44. The van der Waals surface area contributed by atoms with Crippen LogP contribution in [0.4, 0.5) is 5.00 Å². The third-order valence-corrected chi connectivity index (χ3v) is 6.94. The van der Waals surface area contributed by atoms with Crippen molar-refractivity contribution in [2.24, 2.45) is 0 Å². The molecule has 1 heterocycles. The van der Waals surface area contributed by atoms with Crippen molar-refractivity contribution >= 4 is 50.2 Å². The molecule has 2 rings (SSSR count). The molecule has 178 valence electrons. The fourth-order valence-corrected chi connectivity index (χ4v) is 4.89. The van der Waals surface area contributed by atoms with Crippen molar-refractivity contribution in [3.63, 3.8) is 0 Å². The molecule has 0 spiro atoms. The van der Waals surface area contributed by atoms with Crippen LogP contribution in [-0.4, -0.2) is 59.6 Å². The highest BCUT2D eigenvalue weighted by Crippen LogP contribution is 2.34. The molecule has 1 amide bonds. The van der Waals surface area contributed by atoms with Gasteiger partial charge in [-0.1, -0.05) is 13.0 Å². The number of methoxy groups -OCH3 is 2. The Labute approximate surface area is 194 Å². The number of anilines is 1. The number of rotatable bonds is 9. The molecule has 13 heteroatoms. The quantitative estimate of drug-likeness (QED) is 0.388. The van der Waals surface area contributed by atoms with E-state index in [1.54, 1.807) is 6.92 Å². The largest absolute Gasteiger partial charge is 0.465 e. The Kier molecular flexibility index (Phi) is 8.68. The van der Waals surface area contributed by atoms with E-state index in [9.17, 15) is 27.6 Å². The summed E-state index contributed by atoms with van der Waals surface area (Å²) >= 11 is 0.809. The molecule has 0 aliphatic carbocycles. The van der Waals surface area contributed by atoms with Gasteiger partial charge in [-0.25, -0.2) is 27.5 Å². The minimum Gasteiger partial charge on any atom is -0.465 e. The fourth-order valence-electron chi connectivity index (χ4n) is 2.68. The molecule has 0 saturated carbocycles. The fraction of sp³-hybridized carbons (Fsp3) is 0.300. The van der Waals surface area contributed by atoms with Gasteiger partial charge < -0.3 is 19.5 Å². The molecule has 0 atom stereocenters. The van der Waals surface area contributed by atoms with E-state index in [4.69, 9.17) is 9.47 Å². The molecule has 11 nitrogen and oxygen atoms in total. The first-order valence-electron chi connectivity index (χ1n) is 9.42. The van der Waals surface area contributed by atoms with Crippen LogP contribution >= 0.6 is 11.3 Å². The van der Waals surface area contributed by atoms with E-state index in [0.29, 0.717) is 0 Å². The lowest BCUT2D eigenvalue weighted by Gasteiger charge is -2.08. The molecule has 0 bridgehead atoms. The molecule has 0 aliphatic rings. The minimum atomic E-state index is -3.78. The third-order valence-electron chi connectivity index (χ3n) is 4.21. The molecule has 0 unspecified atom stereocenters. The minimum absolute atomic E-state index is 0.0242. The molecule has 2 aromatic rings. The summed E-state index contributed by atoms with van der Waals surface area (Å²) in [6.07, 6.45) is 0. The highest BCUT2D eigenvalue weighted by Gasteiger charge is 2.27. The van der Waals surface area contributed by atoms with Gasteiger partial charge in [0.15, 0.2) is 6.61 Å². The van der Waals surface area contributed by atoms with Gasteiger partial charge in [-0.2, -0.15) is 0 Å². The number of sulfonamides is 1. The van der Waals surface area contributed by atoms with Crippen LogP contribution in [0.5, 0.6) is 0 Å². The average Bonchev–Trinajstić information content (AvgIpc) is 3.11. The first kappa shape index (κ1) is 26.0. The van der Waals surface area contributed by atoms with E-state index in [-0.39, 0.29) is 38.0 Å². The molecule has 2 N–H and O–H groups in total. The van der Waals surface area contributed by atoms with Gasteiger partial charge in [-0.15, -0.1) is 11.3 Å². The maximum Gasteiger partial charge on any atom is 0.348 e. The van der Waals surface area contributed by atoms with Crippen molar-refractivity contribution in [1.82, 2.24) is 4.72 Å². The molecule has 0 fully saturated rings. The molecule has 1 aromatic carbocycles. The van der Waals surface area contributed by atoms with Crippen molar-refractivity contribution in [2.45, 2.75) is 18.7 Å². The SMILES string of the molecule is CCNS(=O)(=O)c1cccc(C(=O)OCC(=O)Nc2sc(C(=O)OC)c(C)c2C(=O)OC)c1. The van der Waals surface area contributed by atoms with Crippen molar-refractivity contribution in [2.75, 3.05) is 32.7 Å². The van der Waals surface area contributed by atoms with E-state index in [2.05, 4.69) is 14.8 Å². The number of esters is 3. The summed E-state index contributed by atoms with van der Waals surface area (Å²) in [6.45, 7) is 2.56. The summed E-state index contributed by atoms with van der Waals surface area (Å²) in [5.74, 6) is -3.18. The number of benzene rings is 1.